The van der Waals surface area contributed by atoms with E-state index >= 15 is 0 Å². The summed E-state index contributed by atoms with van der Waals surface area (Å²) in [5, 5.41) is 11.3. The largest absolute Gasteiger partial charge is 0.404 e. The molecule has 0 saturated heterocycles. The van der Waals surface area contributed by atoms with E-state index in [1.807, 2.05) is 50.2 Å². The van der Waals surface area contributed by atoms with Gasteiger partial charge in [-0.1, -0.05) is 31.9 Å². The number of aromatic amines is 2. The molecule has 0 fully saturated rings. The van der Waals surface area contributed by atoms with Crippen LogP contribution in [0.25, 0.3) is 39.1 Å². The Bertz CT molecular complexity index is 1690. The number of anilines is 1. The molecular weight excluding hydrogens is 476 g/mol. The van der Waals surface area contributed by atoms with E-state index in [1.165, 1.54) is 6.20 Å². The highest BCUT2D eigenvalue weighted by molar-refractivity contribution is 5.96. The van der Waals surface area contributed by atoms with Crippen LogP contribution in [-0.2, 0) is 4.79 Å². The van der Waals surface area contributed by atoms with Gasteiger partial charge in [-0.2, -0.15) is 5.10 Å². The lowest BCUT2D eigenvalue weighted by atomic mass is 10.0. The van der Waals surface area contributed by atoms with Gasteiger partial charge in [-0.25, -0.2) is 4.98 Å². The number of nitrogens with zero attached hydrogens (tertiary/aromatic N) is 4. The molecule has 5 N–H and O–H groups in total. The molecule has 38 heavy (non-hydrogen) atoms. The lowest BCUT2D eigenvalue weighted by Crippen LogP contribution is -2.13. The summed E-state index contributed by atoms with van der Waals surface area (Å²) >= 11 is 0. The number of hydrogen-bond acceptors (Lipinski definition) is 6. The fourth-order valence-electron chi connectivity index (χ4n) is 4.24. The molecule has 9 heteroatoms. The van der Waals surface area contributed by atoms with Gasteiger partial charge >= 0.3 is 0 Å². The Kier molecular flexibility index (Phi) is 6.70. The van der Waals surface area contributed by atoms with Crippen molar-refractivity contribution in [2.45, 2.75) is 20.3 Å². The molecule has 188 valence electrons. The Morgan fingerprint density at radius 2 is 2.03 bits per heavy atom. The highest BCUT2D eigenvalue weighted by atomic mass is 16.1. The number of amides is 1. The number of imidazole rings is 1. The molecule has 0 radical (unpaired) electrons. The highest BCUT2D eigenvalue weighted by Crippen LogP contribution is 2.32. The van der Waals surface area contributed by atoms with Gasteiger partial charge in [-0.15, -0.1) is 6.42 Å². The zero-order valence-corrected chi connectivity index (χ0v) is 21.0. The molecule has 0 saturated carbocycles. The standard InChI is InChI=1S/C29H26N8O/c1-4-24-27(23(13-30)19-6-5-9-31-14-19)35-29(34-24)28-22-12-18(7-8-25(22)36-37-28)20-11-21(16-32-15-20)33-26(38)10-17(2)3/h1,5-9,11-17H,10,30H2,2-3H3,(H,33,38)(H,34,35)(H,36,37)/b23-13-. The normalized spacial score (nSPS) is 11.6. The van der Waals surface area contributed by atoms with Crippen molar-refractivity contribution >= 4 is 28.1 Å². The third-order valence-electron chi connectivity index (χ3n) is 5.98. The predicted octanol–water partition coefficient (Wildman–Crippen LogP) is 4.72. The Morgan fingerprint density at radius 1 is 1.16 bits per heavy atom. The lowest BCUT2D eigenvalue weighted by molar-refractivity contribution is -0.116. The molecule has 5 aromatic rings. The third-order valence-corrected chi connectivity index (χ3v) is 5.98. The Morgan fingerprint density at radius 3 is 2.76 bits per heavy atom. The molecule has 0 aliphatic carbocycles. The number of H-pyrrole nitrogens is 2. The first-order valence-electron chi connectivity index (χ1n) is 12.1. The minimum atomic E-state index is -0.0401. The number of hydrogen-bond donors (Lipinski definition) is 4. The van der Waals surface area contributed by atoms with Crippen LogP contribution < -0.4 is 11.1 Å². The van der Waals surface area contributed by atoms with Gasteiger partial charge in [0.1, 0.15) is 17.1 Å². The van der Waals surface area contributed by atoms with Crippen LogP contribution in [-0.4, -0.2) is 36.0 Å². The summed E-state index contributed by atoms with van der Waals surface area (Å²) in [5.74, 6) is 3.40. The maximum absolute atomic E-state index is 12.2. The van der Waals surface area contributed by atoms with E-state index < -0.39 is 0 Å². The average Bonchev–Trinajstić information content (AvgIpc) is 3.53. The smallest absolute Gasteiger partial charge is 0.224 e. The number of rotatable bonds is 7. The zero-order chi connectivity index (χ0) is 26.6. The van der Waals surface area contributed by atoms with Crippen LogP contribution in [0.3, 0.4) is 0 Å². The monoisotopic (exact) mass is 502 g/mol. The van der Waals surface area contributed by atoms with Crippen molar-refractivity contribution in [2.75, 3.05) is 5.32 Å². The highest BCUT2D eigenvalue weighted by Gasteiger charge is 2.19. The van der Waals surface area contributed by atoms with Crippen LogP contribution in [0.4, 0.5) is 5.69 Å². The Hall–Kier alpha value is -5.23. The number of nitrogens with one attached hydrogen (secondary N) is 3. The first-order chi connectivity index (χ1) is 18.5. The van der Waals surface area contributed by atoms with Crippen LogP contribution in [0.1, 0.15) is 37.2 Å². The van der Waals surface area contributed by atoms with Crippen molar-refractivity contribution in [3.8, 4) is 35.0 Å². The molecule has 0 aliphatic rings. The number of carbonyl (C=O) groups is 1. The molecule has 1 amide bonds. The summed E-state index contributed by atoms with van der Waals surface area (Å²) in [4.78, 5) is 28.7. The number of carbonyl (C=O) groups excluding carboxylic acids is 1. The molecule has 0 spiro atoms. The minimum Gasteiger partial charge on any atom is -0.404 e. The first kappa shape index (κ1) is 24.5. The number of fused-ring (bicyclic) bond motifs is 1. The lowest BCUT2D eigenvalue weighted by Gasteiger charge is -2.09. The second kappa shape index (κ2) is 10.4. The molecule has 0 atom stereocenters. The van der Waals surface area contributed by atoms with Crippen molar-refractivity contribution in [1.29, 1.82) is 0 Å². The van der Waals surface area contributed by atoms with Crippen LogP contribution in [0.15, 0.2) is 67.4 Å². The Labute approximate surface area is 219 Å². The SMILES string of the molecule is C#Cc1[nH]c(-c2n[nH]c3ccc(-c4cncc(NC(=O)CC(C)C)c4)cc23)nc1/C(=C\N)c1cccnc1. The number of aromatic nitrogens is 6. The van der Waals surface area contributed by atoms with Crippen molar-refractivity contribution in [2.24, 2.45) is 11.7 Å². The summed E-state index contributed by atoms with van der Waals surface area (Å²) < 4.78 is 0. The van der Waals surface area contributed by atoms with E-state index in [2.05, 4.69) is 36.4 Å². The van der Waals surface area contributed by atoms with Crippen molar-refractivity contribution in [3.63, 3.8) is 0 Å². The minimum absolute atomic E-state index is 0.0401. The van der Waals surface area contributed by atoms with Crippen molar-refractivity contribution in [1.82, 2.24) is 30.1 Å². The van der Waals surface area contributed by atoms with Gasteiger partial charge in [-0.05, 0) is 35.7 Å². The Balaban J connectivity index is 1.52. The number of terminal acetylenes is 1. The quantitative estimate of drug-likeness (QED) is 0.238. The van der Waals surface area contributed by atoms with Crippen LogP contribution in [0.2, 0.25) is 0 Å². The summed E-state index contributed by atoms with van der Waals surface area (Å²) in [6, 6.07) is 11.5. The van der Waals surface area contributed by atoms with Gasteiger partial charge in [0, 0.05) is 53.3 Å². The number of pyridine rings is 2. The molecule has 0 aliphatic heterocycles. The predicted molar refractivity (Wildman–Crippen MR) is 148 cm³/mol. The maximum atomic E-state index is 12.2. The fourth-order valence-corrected chi connectivity index (χ4v) is 4.24. The summed E-state index contributed by atoms with van der Waals surface area (Å²) in [6.07, 6.45) is 14.5. The number of benzene rings is 1. The first-order valence-corrected chi connectivity index (χ1v) is 12.1. The molecule has 4 heterocycles. The topological polar surface area (TPSA) is 138 Å². The maximum Gasteiger partial charge on any atom is 0.224 e. The summed E-state index contributed by atoms with van der Waals surface area (Å²) in [6.45, 7) is 4.01. The summed E-state index contributed by atoms with van der Waals surface area (Å²) in [7, 11) is 0. The van der Waals surface area contributed by atoms with Gasteiger partial charge < -0.3 is 16.0 Å². The van der Waals surface area contributed by atoms with Gasteiger partial charge in [0.25, 0.3) is 0 Å². The van der Waals surface area contributed by atoms with Crippen LogP contribution in [0, 0.1) is 18.3 Å². The van der Waals surface area contributed by atoms with Gasteiger partial charge in [0.2, 0.25) is 5.91 Å². The molecule has 0 unspecified atom stereocenters. The third kappa shape index (κ3) is 4.88. The van der Waals surface area contributed by atoms with Crippen molar-refractivity contribution in [3.05, 3.63) is 84.3 Å². The average molecular weight is 503 g/mol. The van der Waals surface area contributed by atoms with Crippen LogP contribution in [0.5, 0.6) is 0 Å². The van der Waals surface area contributed by atoms with E-state index in [4.69, 9.17) is 17.1 Å². The van der Waals surface area contributed by atoms with E-state index in [9.17, 15) is 4.79 Å². The molecule has 1 aromatic carbocycles. The van der Waals surface area contributed by atoms with Gasteiger partial charge in [-0.3, -0.25) is 19.9 Å². The zero-order valence-electron chi connectivity index (χ0n) is 21.0. The second-order valence-electron chi connectivity index (χ2n) is 9.22. The molecule has 4 aromatic heterocycles. The second-order valence-corrected chi connectivity index (χ2v) is 9.22. The molecule has 9 nitrogen and oxygen atoms in total. The number of nitrogens with two attached hydrogens (primary N) is 1. The van der Waals surface area contributed by atoms with Crippen molar-refractivity contribution < 1.29 is 4.79 Å². The van der Waals surface area contributed by atoms with Gasteiger partial charge in [0.05, 0.1) is 17.4 Å². The van der Waals surface area contributed by atoms with Crippen LogP contribution >= 0.6 is 0 Å². The van der Waals surface area contributed by atoms with E-state index in [0.29, 0.717) is 40.6 Å². The molecular formula is C29H26N8O. The molecule has 0 bridgehead atoms. The summed E-state index contributed by atoms with van der Waals surface area (Å²) in [5.41, 5.74) is 12.3. The fraction of sp³-hybridized carbons (Fsp3) is 0.138. The van der Waals surface area contributed by atoms with E-state index in [-0.39, 0.29) is 11.8 Å². The van der Waals surface area contributed by atoms with E-state index in [0.717, 1.165) is 27.6 Å². The van der Waals surface area contributed by atoms with Gasteiger partial charge in [0.15, 0.2) is 5.82 Å². The molecule has 5 rings (SSSR count). The van der Waals surface area contributed by atoms with E-state index in [1.54, 1.807) is 24.8 Å².